The third-order valence-electron chi connectivity index (χ3n) is 3.03. The van der Waals surface area contributed by atoms with E-state index in [1.165, 1.54) is 10.4 Å². The zero-order valence-electron chi connectivity index (χ0n) is 11.9. The average Bonchev–Trinajstić information content (AvgIpc) is 2.74. The minimum Gasteiger partial charge on any atom is -0.310 e. The van der Waals surface area contributed by atoms with Crippen LogP contribution in [0.3, 0.4) is 0 Å². The maximum absolute atomic E-state index is 4.52. The molecular formula is C13H20N6. The Kier molecular flexibility index (Phi) is 4.21. The van der Waals surface area contributed by atoms with Gasteiger partial charge in [-0.15, -0.1) is 10.2 Å². The van der Waals surface area contributed by atoms with Gasteiger partial charge in [0, 0.05) is 23.9 Å². The summed E-state index contributed by atoms with van der Waals surface area (Å²) in [5.74, 6) is 0.744. The van der Waals surface area contributed by atoms with E-state index in [2.05, 4.69) is 38.7 Å². The van der Waals surface area contributed by atoms with Crippen molar-refractivity contribution in [3.05, 3.63) is 34.9 Å². The molecule has 0 amide bonds. The van der Waals surface area contributed by atoms with Crippen LogP contribution in [0, 0.1) is 13.8 Å². The van der Waals surface area contributed by atoms with E-state index < -0.39 is 0 Å². The molecule has 19 heavy (non-hydrogen) atoms. The molecule has 2 aromatic heterocycles. The van der Waals surface area contributed by atoms with E-state index in [9.17, 15) is 0 Å². The number of pyridine rings is 1. The summed E-state index contributed by atoms with van der Waals surface area (Å²) >= 11 is 0. The standard InChI is InChI=1S/C13H20N6/c1-5-14-12(8-13-16-18-19(4)17-13)11-7-6-9(2)15-10(11)3/h6-7,12,14H,5,8H2,1-4H3. The van der Waals surface area contributed by atoms with Crippen molar-refractivity contribution in [1.29, 1.82) is 0 Å². The van der Waals surface area contributed by atoms with Crippen LogP contribution in [0.25, 0.3) is 0 Å². The lowest BCUT2D eigenvalue weighted by Gasteiger charge is -2.18. The van der Waals surface area contributed by atoms with Crippen LogP contribution in [0.5, 0.6) is 0 Å². The van der Waals surface area contributed by atoms with E-state index in [1.807, 2.05) is 19.9 Å². The monoisotopic (exact) mass is 260 g/mol. The van der Waals surface area contributed by atoms with Crippen LogP contribution in [0.15, 0.2) is 12.1 Å². The molecule has 1 atom stereocenters. The summed E-state index contributed by atoms with van der Waals surface area (Å²) in [7, 11) is 1.78. The van der Waals surface area contributed by atoms with Crippen molar-refractivity contribution in [3.63, 3.8) is 0 Å². The summed E-state index contributed by atoms with van der Waals surface area (Å²) < 4.78 is 0. The molecule has 0 fully saturated rings. The van der Waals surface area contributed by atoms with Crippen molar-refractivity contribution in [1.82, 2.24) is 30.5 Å². The molecule has 2 aromatic rings. The molecule has 102 valence electrons. The molecule has 0 radical (unpaired) electrons. The maximum Gasteiger partial charge on any atom is 0.176 e. The molecule has 0 saturated carbocycles. The largest absolute Gasteiger partial charge is 0.310 e. The Morgan fingerprint density at radius 3 is 2.68 bits per heavy atom. The van der Waals surface area contributed by atoms with Crippen LogP contribution in [-0.2, 0) is 13.5 Å². The van der Waals surface area contributed by atoms with Gasteiger partial charge in [-0.25, -0.2) is 0 Å². The lowest BCUT2D eigenvalue weighted by atomic mass is 10.0. The fourth-order valence-corrected chi connectivity index (χ4v) is 2.19. The van der Waals surface area contributed by atoms with Crippen molar-refractivity contribution >= 4 is 0 Å². The van der Waals surface area contributed by atoms with Gasteiger partial charge in [-0.2, -0.15) is 4.80 Å². The molecule has 0 aliphatic carbocycles. The Morgan fingerprint density at radius 1 is 1.32 bits per heavy atom. The van der Waals surface area contributed by atoms with Gasteiger partial charge in [0.15, 0.2) is 5.82 Å². The Balaban J connectivity index is 2.23. The highest BCUT2D eigenvalue weighted by molar-refractivity contribution is 5.25. The predicted octanol–water partition coefficient (Wildman–Crippen LogP) is 1.12. The number of aromatic nitrogens is 5. The SMILES string of the molecule is CCNC(Cc1nnn(C)n1)c1ccc(C)nc1C. The average molecular weight is 260 g/mol. The van der Waals surface area contributed by atoms with Crippen LogP contribution >= 0.6 is 0 Å². The van der Waals surface area contributed by atoms with Crippen LogP contribution in [0.4, 0.5) is 0 Å². The van der Waals surface area contributed by atoms with Gasteiger partial charge in [-0.05, 0) is 37.2 Å². The molecule has 2 rings (SSSR count). The lowest BCUT2D eigenvalue weighted by Crippen LogP contribution is -2.24. The second-order valence-electron chi connectivity index (χ2n) is 4.64. The number of nitrogens with one attached hydrogen (secondary N) is 1. The number of rotatable bonds is 5. The molecule has 0 saturated heterocycles. The van der Waals surface area contributed by atoms with E-state index in [0.29, 0.717) is 6.42 Å². The maximum atomic E-state index is 4.52. The summed E-state index contributed by atoms with van der Waals surface area (Å²) in [6.45, 7) is 7.02. The van der Waals surface area contributed by atoms with E-state index >= 15 is 0 Å². The molecule has 0 aromatic carbocycles. The van der Waals surface area contributed by atoms with Gasteiger partial charge in [0.05, 0.1) is 7.05 Å². The van der Waals surface area contributed by atoms with Crippen LogP contribution in [-0.4, -0.2) is 31.7 Å². The van der Waals surface area contributed by atoms with E-state index in [4.69, 9.17) is 0 Å². The molecule has 1 unspecified atom stereocenters. The topological polar surface area (TPSA) is 68.5 Å². The first-order chi connectivity index (χ1) is 9.10. The quantitative estimate of drug-likeness (QED) is 0.872. The van der Waals surface area contributed by atoms with Crippen molar-refractivity contribution in [2.45, 2.75) is 33.2 Å². The third-order valence-corrected chi connectivity index (χ3v) is 3.03. The minimum atomic E-state index is 0.169. The Bertz CT molecular complexity index is 548. The van der Waals surface area contributed by atoms with E-state index in [1.54, 1.807) is 7.05 Å². The van der Waals surface area contributed by atoms with Crippen LogP contribution < -0.4 is 5.32 Å². The minimum absolute atomic E-state index is 0.169. The molecule has 6 heteroatoms. The molecule has 0 bridgehead atoms. The van der Waals surface area contributed by atoms with Gasteiger partial charge >= 0.3 is 0 Å². The summed E-state index contributed by atoms with van der Waals surface area (Å²) in [4.78, 5) is 6.01. The van der Waals surface area contributed by atoms with E-state index in [-0.39, 0.29) is 6.04 Å². The number of hydrogen-bond acceptors (Lipinski definition) is 5. The first kappa shape index (κ1) is 13.6. The highest BCUT2D eigenvalue weighted by Gasteiger charge is 2.16. The Labute approximate surface area is 113 Å². The Hall–Kier alpha value is -1.82. The second kappa shape index (κ2) is 5.88. The predicted molar refractivity (Wildman–Crippen MR) is 72.6 cm³/mol. The normalized spacial score (nSPS) is 12.6. The molecule has 2 heterocycles. The number of hydrogen-bond donors (Lipinski definition) is 1. The number of tetrazole rings is 1. The fraction of sp³-hybridized carbons (Fsp3) is 0.538. The summed E-state index contributed by atoms with van der Waals surface area (Å²) in [5.41, 5.74) is 3.28. The third kappa shape index (κ3) is 3.35. The molecule has 0 spiro atoms. The second-order valence-corrected chi connectivity index (χ2v) is 4.64. The van der Waals surface area contributed by atoms with E-state index in [0.717, 1.165) is 23.8 Å². The first-order valence-corrected chi connectivity index (χ1v) is 6.50. The first-order valence-electron chi connectivity index (χ1n) is 6.50. The van der Waals surface area contributed by atoms with Crippen LogP contribution in [0.1, 0.15) is 35.7 Å². The van der Waals surface area contributed by atoms with Gasteiger partial charge in [-0.1, -0.05) is 13.0 Å². The summed E-state index contributed by atoms with van der Waals surface area (Å²) in [6, 6.07) is 4.33. The number of likely N-dealkylation sites (N-methyl/N-ethyl adjacent to an activating group) is 1. The van der Waals surface area contributed by atoms with Crippen molar-refractivity contribution in [3.8, 4) is 0 Å². The van der Waals surface area contributed by atoms with Gasteiger partial charge in [0.2, 0.25) is 0 Å². The molecule has 6 nitrogen and oxygen atoms in total. The van der Waals surface area contributed by atoms with Crippen LogP contribution in [0.2, 0.25) is 0 Å². The lowest BCUT2D eigenvalue weighted by molar-refractivity contribution is 0.530. The highest BCUT2D eigenvalue weighted by Crippen LogP contribution is 2.19. The van der Waals surface area contributed by atoms with Gasteiger partial charge in [0.25, 0.3) is 0 Å². The number of nitrogens with zero attached hydrogens (tertiary/aromatic N) is 5. The van der Waals surface area contributed by atoms with Crippen molar-refractivity contribution in [2.24, 2.45) is 7.05 Å². The van der Waals surface area contributed by atoms with Gasteiger partial charge < -0.3 is 5.32 Å². The fourth-order valence-electron chi connectivity index (χ4n) is 2.19. The molecular weight excluding hydrogens is 240 g/mol. The summed E-state index contributed by atoms with van der Waals surface area (Å²) in [6.07, 6.45) is 0.716. The zero-order valence-corrected chi connectivity index (χ0v) is 11.9. The van der Waals surface area contributed by atoms with Gasteiger partial charge in [-0.3, -0.25) is 4.98 Å². The molecule has 0 aliphatic heterocycles. The number of aryl methyl sites for hydroxylation is 3. The van der Waals surface area contributed by atoms with Crippen molar-refractivity contribution < 1.29 is 0 Å². The van der Waals surface area contributed by atoms with Gasteiger partial charge in [0.1, 0.15) is 0 Å². The highest BCUT2D eigenvalue weighted by atomic mass is 15.6. The zero-order chi connectivity index (χ0) is 13.8. The molecule has 0 aliphatic rings. The van der Waals surface area contributed by atoms with Crippen molar-refractivity contribution in [2.75, 3.05) is 6.54 Å². The Morgan fingerprint density at radius 2 is 2.11 bits per heavy atom. The summed E-state index contributed by atoms with van der Waals surface area (Å²) in [5, 5.41) is 15.6. The molecule has 1 N–H and O–H groups in total. The smallest absolute Gasteiger partial charge is 0.176 e.